The normalized spacial score (nSPS) is 11.8. The molecule has 0 radical (unpaired) electrons. The van der Waals surface area contributed by atoms with E-state index in [1.54, 1.807) is 0 Å². The maximum absolute atomic E-state index is 11.7. The number of carbonyl (C=O) groups is 1. The average Bonchev–Trinajstić information content (AvgIpc) is 2.35. The van der Waals surface area contributed by atoms with Gasteiger partial charge in [0.05, 0.1) is 0 Å². The van der Waals surface area contributed by atoms with Gasteiger partial charge in [0, 0.05) is 30.7 Å². The highest BCUT2D eigenvalue weighted by atomic mass is 79.9. The van der Waals surface area contributed by atoms with Crippen molar-refractivity contribution in [2.45, 2.75) is 46.8 Å². The van der Waals surface area contributed by atoms with Crippen molar-refractivity contribution < 1.29 is 9.53 Å². The molecule has 1 aromatic carbocycles. The van der Waals surface area contributed by atoms with E-state index in [9.17, 15) is 4.79 Å². The zero-order valence-corrected chi connectivity index (χ0v) is 16.4. The average molecular weight is 385 g/mol. The molecule has 5 heteroatoms. The third-order valence-electron chi connectivity index (χ3n) is 3.01. The molecule has 0 aliphatic heterocycles. The van der Waals surface area contributed by atoms with Gasteiger partial charge >= 0.3 is 6.09 Å². The molecule has 1 rings (SSSR count). The first kappa shape index (κ1) is 20.0. The summed E-state index contributed by atoms with van der Waals surface area (Å²) in [5.74, 6) is 0.573. The van der Waals surface area contributed by atoms with Gasteiger partial charge in [-0.15, -0.1) is 0 Å². The van der Waals surface area contributed by atoms with Crippen LogP contribution in [0.25, 0.3) is 0 Å². The van der Waals surface area contributed by atoms with Crippen LogP contribution < -0.4 is 5.32 Å². The lowest BCUT2D eigenvalue weighted by atomic mass is 10.1. The number of alkyl carbamates (subject to hydrolysis) is 1. The standard InChI is InChI=1S/C18H29BrN2O2/c1-14(2)12-21(13-15-7-6-8-16(19)11-15)10-9-20-17(22)23-18(3,4)5/h6-8,11,14H,9-10,12-13H2,1-5H3,(H,20,22). The first-order chi connectivity index (χ1) is 10.7. The Bertz CT molecular complexity index is 498. The third kappa shape index (κ3) is 9.61. The van der Waals surface area contributed by atoms with E-state index < -0.39 is 5.60 Å². The Morgan fingerprint density at radius 2 is 2.04 bits per heavy atom. The zero-order chi connectivity index (χ0) is 17.5. The highest BCUT2D eigenvalue weighted by molar-refractivity contribution is 9.10. The Hall–Kier alpha value is -1.07. The van der Waals surface area contributed by atoms with E-state index in [1.807, 2.05) is 32.9 Å². The highest BCUT2D eigenvalue weighted by Crippen LogP contribution is 2.14. The van der Waals surface area contributed by atoms with Crippen molar-refractivity contribution in [2.24, 2.45) is 5.92 Å². The van der Waals surface area contributed by atoms with Gasteiger partial charge in [-0.05, 0) is 44.4 Å². The summed E-state index contributed by atoms with van der Waals surface area (Å²) in [6.07, 6.45) is -0.357. The van der Waals surface area contributed by atoms with Crippen LogP contribution >= 0.6 is 15.9 Å². The van der Waals surface area contributed by atoms with Crippen molar-refractivity contribution in [3.63, 3.8) is 0 Å². The number of halogens is 1. The molecule has 23 heavy (non-hydrogen) atoms. The van der Waals surface area contributed by atoms with Gasteiger partial charge in [0.1, 0.15) is 5.60 Å². The molecule has 0 aromatic heterocycles. The molecule has 0 aliphatic carbocycles. The topological polar surface area (TPSA) is 41.6 Å². The third-order valence-corrected chi connectivity index (χ3v) is 3.51. The molecule has 1 amide bonds. The molecule has 0 atom stereocenters. The first-order valence-electron chi connectivity index (χ1n) is 8.09. The van der Waals surface area contributed by atoms with Crippen LogP contribution in [0.4, 0.5) is 4.79 Å². The van der Waals surface area contributed by atoms with Gasteiger partial charge in [-0.2, -0.15) is 0 Å². The lowest BCUT2D eigenvalue weighted by Gasteiger charge is -2.25. The minimum Gasteiger partial charge on any atom is -0.444 e. The summed E-state index contributed by atoms with van der Waals surface area (Å²) in [6, 6.07) is 8.33. The molecule has 0 saturated heterocycles. The second-order valence-corrected chi connectivity index (χ2v) is 8.10. The fourth-order valence-electron chi connectivity index (χ4n) is 2.28. The number of benzene rings is 1. The van der Waals surface area contributed by atoms with Crippen molar-refractivity contribution >= 4 is 22.0 Å². The van der Waals surface area contributed by atoms with Crippen LogP contribution in [0.15, 0.2) is 28.7 Å². The minimum absolute atomic E-state index is 0.357. The van der Waals surface area contributed by atoms with Crippen LogP contribution in [0.2, 0.25) is 0 Å². The second-order valence-electron chi connectivity index (χ2n) is 7.19. The molecular weight excluding hydrogens is 356 g/mol. The van der Waals surface area contributed by atoms with Crippen LogP contribution in [0.5, 0.6) is 0 Å². The summed E-state index contributed by atoms with van der Waals surface area (Å²) in [6.45, 7) is 13.2. The molecule has 0 unspecified atom stereocenters. The lowest BCUT2D eigenvalue weighted by molar-refractivity contribution is 0.0521. The van der Waals surface area contributed by atoms with Crippen LogP contribution in [-0.2, 0) is 11.3 Å². The van der Waals surface area contributed by atoms with Crippen LogP contribution in [0.3, 0.4) is 0 Å². The number of carbonyl (C=O) groups excluding carboxylic acids is 1. The fourth-order valence-corrected chi connectivity index (χ4v) is 2.72. The smallest absolute Gasteiger partial charge is 0.407 e. The number of hydrogen-bond donors (Lipinski definition) is 1. The molecule has 130 valence electrons. The van der Waals surface area contributed by atoms with Gasteiger partial charge in [0.25, 0.3) is 0 Å². The van der Waals surface area contributed by atoms with E-state index in [-0.39, 0.29) is 6.09 Å². The van der Waals surface area contributed by atoms with E-state index in [0.29, 0.717) is 12.5 Å². The Morgan fingerprint density at radius 3 is 2.61 bits per heavy atom. The highest BCUT2D eigenvalue weighted by Gasteiger charge is 2.16. The number of amides is 1. The SMILES string of the molecule is CC(C)CN(CCNC(=O)OC(C)(C)C)Cc1cccc(Br)c1. The predicted octanol–water partition coefficient (Wildman–Crippen LogP) is 4.43. The fraction of sp³-hybridized carbons (Fsp3) is 0.611. The molecule has 4 nitrogen and oxygen atoms in total. The van der Waals surface area contributed by atoms with Crippen molar-refractivity contribution in [1.82, 2.24) is 10.2 Å². The molecule has 1 N–H and O–H groups in total. The van der Waals surface area contributed by atoms with Crippen molar-refractivity contribution in [3.05, 3.63) is 34.3 Å². The van der Waals surface area contributed by atoms with Crippen LogP contribution in [0, 0.1) is 5.92 Å². The molecule has 0 spiro atoms. The van der Waals surface area contributed by atoms with Gasteiger partial charge in [0.15, 0.2) is 0 Å². The van der Waals surface area contributed by atoms with Gasteiger partial charge in [-0.25, -0.2) is 4.79 Å². The van der Waals surface area contributed by atoms with E-state index in [1.165, 1.54) is 5.56 Å². The Labute approximate surface area is 148 Å². The number of rotatable bonds is 7. The Balaban J connectivity index is 2.50. The second kappa shape index (κ2) is 9.28. The monoisotopic (exact) mass is 384 g/mol. The van der Waals surface area contributed by atoms with Crippen LogP contribution in [-0.4, -0.2) is 36.2 Å². The number of hydrogen-bond acceptors (Lipinski definition) is 3. The van der Waals surface area contributed by atoms with Gasteiger partial charge < -0.3 is 10.1 Å². The van der Waals surface area contributed by atoms with Crippen molar-refractivity contribution in [2.75, 3.05) is 19.6 Å². The molecule has 1 aromatic rings. The number of nitrogens with zero attached hydrogens (tertiary/aromatic N) is 1. The molecule has 0 heterocycles. The molecule has 0 fully saturated rings. The predicted molar refractivity (Wildman–Crippen MR) is 98.5 cm³/mol. The quantitative estimate of drug-likeness (QED) is 0.755. The first-order valence-corrected chi connectivity index (χ1v) is 8.88. The summed E-state index contributed by atoms with van der Waals surface area (Å²) in [4.78, 5) is 14.1. The Kier molecular flexibility index (Phi) is 8.06. The molecule has 0 aliphatic rings. The van der Waals surface area contributed by atoms with E-state index >= 15 is 0 Å². The summed E-state index contributed by atoms with van der Waals surface area (Å²) in [5.41, 5.74) is 0.801. The van der Waals surface area contributed by atoms with Gasteiger partial charge in [-0.1, -0.05) is 41.9 Å². The summed E-state index contributed by atoms with van der Waals surface area (Å²) in [5, 5.41) is 2.83. The van der Waals surface area contributed by atoms with E-state index in [4.69, 9.17) is 4.74 Å². The molecule has 0 bridgehead atoms. The summed E-state index contributed by atoms with van der Waals surface area (Å²) in [7, 11) is 0. The summed E-state index contributed by atoms with van der Waals surface area (Å²) >= 11 is 3.51. The number of nitrogens with one attached hydrogen (secondary N) is 1. The molecular formula is C18H29BrN2O2. The van der Waals surface area contributed by atoms with Gasteiger partial charge in [0.2, 0.25) is 0 Å². The lowest BCUT2D eigenvalue weighted by Crippen LogP contribution is -2.38. The number of ether oxygens (including phenoxy) is 1. The van der Waals surface area contributed by atoms with Crippen molar-refractivity contribution in [3.8, 4) is 0 Å². The minimum atomic E-state index is -0.460. The van der Waals surface area contributed by atoms with E-state index in [2.05, 4.69) is 52.1 Å². The maximum atomic E-state index is 11.7. The Morgan fingerprint density at radius 1 is 1.35 bits per heavy atom. The molecule has 0 saturated carbocycles. The van der Waals surface area contributed by atoms with E-state index in [0.717, 1.165) is 24.1 Å². The van der Waals surface area contributed by atoms with Gasteiger partial charge in [-0.3, -0.25) is 4.90 Å². The zero-order valence-electron chi connectivity index (χ0n) is 14.9. The maximum Gasteiger partial charge on any atom is 0.407 e. The summed E-state index contributed by atoms with van der Waals surface area (Å²) < 4.78 is 6.35. The largest absolute Gasteiger partial charge is 0.444 e. The van der Waals surface area contributed by atoms with Crippen LogP contribution in [0.1, 0.15) is 40.2 Å². The van der Waals surface area contributed by atoms with Crippen molar-refractivity contribution in [1.29, 1.82) is 0 Å².